The smallest absolute Gasteiger partial charge is 0.0345 e. The lowest BCUT2D eigenvalue weighted by atomic mass is 9.86. The molecule has 0 bridgehead atoms. The van der Waals surface area contributed by atoms with Crippen molar-refractivity contribution in [3.63, 3.8) is 0 Å². The van der Waals surface area contributed by atoms with Gasteiger partial charge in [0.2, 0.25) is 0 Å². The van der Waals surface area contributed by atoms with Crippen LogP contribution in [0, 0.1) is 0 Å². The van der Waals surface area contributed by atoms with Crippen LogP contribution in [-0.2, 0) is 0 Å². The molecule has 0 amide bonds. The fraction of sp³-hybridized carbons (Fsp3) is 1.00. The second-order valence-electron chi connectivity index (χ2n) is 4.59. The van der Waals surface area contributed by atoms with Gasteiger partial charge >= 0.3 is 0 Å². The first-order valence-electron chi connectivity index (χ1n) is 6.13. The van der Waals surface area contributed by atoms with Gasteiger partial charge in [0.25, 0.3) is 0 Å². The number of nitrogens with zero attached hydrogens (tertiary/aromatic N) is 2. The maximum absolute atomic E-state index is 2.60. The SMILES string of the molecule is CC.CN1CCC2(CCCCN2C)C1. The summed E-state index contributed by atoms with van der Waals surface area (Å²) in [6, 6.07) is 0. The molecule has 0 aliphatic carbocycles. The van der Waals surface area contributed by atoms with Crippen molar-refractivity contribution in [2.45, 2.75) is 45.1 Å². The van der Waals surface area contributed by atoms with Crippen LogP contribution in [0.15, 0.2) is 0 Å². The molecule has 2 saturated heterocycles. The van der Waals surface area contributed by atoms with E-state index in [1.165, 1.54) is 45.3 Å². The molecule has 1 atom stereocenters. The van der Waals surface area contributed by atoms with E-state index < -0.39 is 0 Å². The molecule has 0 aromatic carbocycles. The van der Waals surface area contributed by atoms with E-state index in [2.05, 4.69) is 23.9 Å². The van der Waals surface area contributed by atoms with E-state index in [-0.39, 0.29) is 0 Å². The fourth-order valence-electron chi connectivity index (χ4n) is 2.81. The lowest BCUT2D eigenvalue weighted by molar-refractivity contribution is 0.0821. The summed E-state index contributed by atoms with van der Waals surface area (Å²) in [5.41, 5.74) is 0.562. The number of likely N-dealkylation sites (N-methyl/N-ethyl adjacent to an activating group) is 2. The standard InChI is InChI=1S/C10H20N2.C2H6/c1-11-8-6-10(9-11)5-3-4-7-12(10)2;1-2/h3-9H2,1-2H3;1-2H3. The highest BCUT2D eigenvalue weighted by atomic mass is 15.3. The quantitative estimate of drug-likeness (QED) is 0.589. The van der Waals surface area contributed by atoms with Crippen LogP contribution in [-0.4, -0.2) is 49.1 Å². The highest BCUT2D eigenvalue weighted by Gasteiger charge is 2.41. The van der Waals surface area contributed by atoms with Gasteiger partial charge in [-0.3, -0.25) is 4.90 Å². The van der Waals surface area contributed by atoms with Crippen molar-refractivity contribution in [1.82, 2.24) is 9.80 Å². The van der Waals surface area contributed by atoms with Gasteiger partial charge in [-0.05, 0) is 46.4 Å². The summed E-state index contributed by atoms with van der Waals surface area (Å²) >= 11 is 0. The van der Waals surface area contributed by atoms with Gasteiger partial charge in [0.1, 0.15) is 0 Å². The molecule has 0 aromatic heterocycles. The predicted molar refractivity (Wildman–Crippen MR) is 62.7 cm³/mol. The van der Waals surface area contributed by atoms with Gasteiger partial charge in [0.05, 0.1) is 0 Å². The van der Waals surface area contributed by atoms with E-state index in [4.69, 9.17) is 0 Å². The molecule has 1 unspecified atom stereocenters. The lowest BCUT2D eigenvalue weighted by Gasteiger charge is -2.42. The third-order valence-corrected chi connectivity index (χ3v) is 3.72. The van der Waals surface area contributed by atoms with Gasteiger partial charge in [0.15, 0.2) is 0 Å². The van der Waals surface area contributed by atoms with Crippen LogP contribution in [0.1, 0.15) is 39.5 Å². The monoisotopic (exact) mass is 198 g/mol. The zero-order valence-corrected chi connectivity index (χ0v) is 10.3. The van der Waals surface area contributed by atoms with Crippen molar-refractivity contribution in [1.29, 1.82) is 0 Å². The van der Waals surface area contributed by atoms with Crippen LogP contribution >= 0.6 is 0 Å². The number of likely N-dealkylation sites (tertiary alicyclic amines) is 2. The summed E-state index contributed by atoms with van der Waals surface area (Å²) < 4.78 is 0. The minimum Gasteiger partial charge on any atom is -0.304 e. The summed E-state index contributed by atoms with van der Waals surface area (Å²) in [6.07, 6.45) is 5.66. The van der Waals surface area contributed by atoms with E-state index in [0.29, 0.717) is 5.54 Å². The molecule has 84 valence electrons. The van der Waals surface area contributed by atoms with Crippen molar-refractivity contribution < 1.29 is 0 Å². The minimum absolute atomic E-state index is 0.562. The van der Waals surface area contributed by atoms with Crippen molar-refractivity contribution in [3.8, 4) is 0 Å². The molecule has 2 aliphatic heterocycles. The van der Waals surface area contributed by atoms with E-state index in [1.807, 2.05) is 13.8 Å². The molecule has 0 aromatic rings. The average Bonchev–Trinajstić information content (AvgIpc) is 2.58. The molecule has 0 saturated carbocycles. The molecule has 2 fully saturated rings. The Kier molecular flexibility index (Phi) is 4.39. The maximum Gasteiger partial charge on any atom is 0.0345 e. The molecule has 0 N–H and O–H groups in total. The molecule has 1 spiro atoms. The summed E-state index contributed by atoms with van der Waals surface area (Å²) in [6.45, 7) is 7.90. The number of piperidine rings is 1. The maximum atomic E-state index is 2.60. The summed E-state index contributed by atoms with van der Waals surface area (Å²) in [5.74, 6) is 0. The van der Waals surface area contributed by atoms with Crippen molar-refractivity contribution in [3.05, 3.63) is 0 Å². The molecule has 14 heavy (non-hydrogen) atoms. The highest BCUT2D eigenvalue weighted by molar-refractivity contribution is 4.98. The number of hydrogen-bond donors (Lipinski definition) is 0. The second-order valence-corrected chi connectivity index (χ2v) is 4.59. The first kappa shape index (κ1) is 12.0. The predicted octanol–water partition coefficient (Wildman–Crippen LogP) is 2.20. The Morgan fingerprint density at radius 1 is 0.929 bits per heavy atom. The Hall–Kier alpha value is -0.0800. The average molecular weight is 198 g/mol. The van der Waals surface area contributed by atoms with Gasteiger partial charge in [-0.1, -0.05) is 20.3 Å². The Labute approximate surface area is 89.3 Å². The number of hydrogen-bond acceptors (Lipinski definition) is 2. The van der Waals surface area contributed by atoms with Gasteiger partial charge < -0.3 is 4.90 Å². The minimum atomic E-state index is 0.562. The molecule has 2 nitrogen and oxygen atoms in total. The third-order valence-electron chi connectivity index (χ3n) is 3.72. The van der Waals surface area contributed by atoms with Crippen LogP contribution in [0.3, 0.4) is 0 Å². The molecule has 0 radical (unpaired) electrons. The molecule has 2 heteroatoms. The van der Waals surface area contributed by atoms with E-state index in [1.54, 1.807) is 0 Å². The summed E-state index contributed by atoms with van der Waals surface area (Å²) in [7, 11) is 4.55. The highest BCUT2D eigenvalue weighted by Crippen LogP contribution is 2.34. The van der Waals surface area contributed by atoms with Crippen LogP contribution in [0.2, 0.25) is 0 Å². The zero-order valence-electron chi connectivity index (χ0n) is 10.3. The van der Waals surface area contributed by atoms with Crippen molar-refractivity contribution in [2.24, 2.45) is 0 Å². The molecule has 2 aliphatic rings. The molecular formula is C12H26N2. The number of rotatable bonds is 0. The first-order valence-corrected chi connectivity index (χ1v) is 6.13. The summed E-state index contributed by atoms with van der Waals surface area (Å²) in [4.78, 5) is 5.07. The van der Waals surface area contributed by atoms with Gasteiger partial charge in [-0.25, -0.2) is 0 Å². The zero-order chi connectivity index (χ0) is 10.6. The van der Waals surface area contributed by atoms with Gasteiger partial charge in [-0.15, -0.1) is 0 Å². The van der Waals surface area contributed by atoms with E-state index in [9.17, 15) is 0 Å². The largest absolute Gasteiger partial charge is 0.304 e. The molecule has 2 heterocycles. The Morgan fingerprint density at radius 3 is 2.14 bits per heavy atom. The van der Waals surface area contributed by atoms with Crippen LogP contribution in [0.5, 0.6) is 0 Å². The molecular weight excluding hydrogens is 172 g/mol. The van der Waals surface area contributed by atoms with Crippen LogP contribution < -0.4 is 0 Å². The van der Waals surface area contributed by atoms with Gasteiger partial charge in [0, 0.05) is 12.1 Å². The Balaban J connectivity index is 0.000000461. The van der Waals surface area contributed by atoms with Crippen LogP contribution in [0.25, 0.3) is 0 Å². The Bertz CT molecular complexity index is 166. The third kappa shape index (κ3) is 2.29. The summed E-state index contributed by atoms with van der Waals surface area (Å²) in [5, 5.41) is 0. The van der Waals surface area contributed by atoms with Gasteiger partial charge in [-0.2, -0.15) is 0 Å². The fourth-order valence-corrected chi connectivity index (χ4v) is 2.81. The topological polar surface area (TPSA) is 6.48 Å². The second kappa shape index (κ2) is 5.13. The Morgan fingerprint density at radius 2 is 1.64 bits per heavy atom. The van der Waals surface area contributed by atoms with E-state index in [0.717, 1.165) is 0 Å². The van der Waals surface area contributed by atoms with Crippen LogP contribution in [0.4, 0.5) is 0 Å². The first-order chi connectivity index (χ1) is 6.73. The molecule has 2 rings (SSSR count). The lowest BCUT2D eigenvalue weighted by Crippen LogP contribution is -2.51. The van der Waals surface area contributed by atoms with E-state index >= 15 is 0 Å². The normalized spacial score (nSPS) is 34.3. The van der Waals surface area contributed by atoms with Crippen molar-refractivity contribution in [2.75, 3.05) is 33.7 Å². The van der Waals surface area contributed by atoms with Crippen molar-refractivity contribution >= 4 is 0 Å².